The lowest BCUT2D eigenvalue weighted by Crippen LogP contribution is -2.57. The SMILES string of the molecule is O=C(c1c(F)c(F)c(F)c(F)c1F)N(C(=O)c1c(F)c(F)c(F)c(F)c1F)N(C(=O)c1c(F)c(F)c(F)c(F)c1F)C(=O)c1c(F)c(F)c(F)c(F)c1F. The molecule has 0 saturated heterocycles. The Hall–Kier alpha value is -6.24. The predicted molar refractivity (Wildman–Crippen MR) is 126 cm³/mol. The molecular formula is C28F20N2O4. The largest absolute Gasteiger partial charge is 0.286 e. The highest BCUT2D eigenvalue weighted by Gasteiger charge is 2.48. The zero-order valence-electron chi connectivity index (χ0n) is 24.1. The molecule has 0 bridgehead atoms. The summed E-state index contributed by atoms with van der Waals surface area (Å²) in [6.07, 6.45) is 0. The van der Waals surface area contributed by atoms with Crippen LogP contribution in [0.5, 0.6) is 0 Å². The topological polar surface area (TPSA) is 74.8 Å². The monoisotopic (exact) mass is 808 g/mol. The Morgan fingerprint density at radius 2 is 0.296 bits per heavy atom. The van der Waals surface area contributed by atoms with Gasteiger partial charge in [-0.2, -0.15) is 10.0 Å². The minimum atomic E-state index is -3.80. The van der Waals surface area contributed by atoms with Gasteiger partial charge in [0.15, 0.2) is 93.1 Å². The minimum absolute atomic E-state index is 2.34. The van der Waals surface area contributed by atoms with E-state index >= 15 is 0 Å². The lowest BCUT2D eigenvalue weighted by Gasteiger charge is -2.32. The van der Waals surface area contributed by atoms with Crippen LogP contribution in [-0.2, 0) is 0 Å². The highest BCUT2D eigenvalue weighted by molar-refractivity contribution is 6.18. The molecule has 4 aromatic rings. The van der Waals surface area contributed by atoms with E-state index in [1.807, 2.05) is 0 Å². The molecule has 0 aromatic heterocycles. The summed E-state index contributed by atoms with van der Waals surface area (Å²) < 4.78 is 286. The van der Waals surface area contributed by atoms with Crippen molar-refractivity contribution in [1.29, 1.82) is 0 Å². The van der Waals surface area contributed by atoms with Crippen LogP contribution in [0.15, 0.2) is 0 Å². The van der Waals surface area contributed by atoms with Crippen molar-refractivity contribution in [2.24, 2.45) is 0 Å². The summed E-state index contributed by atoms with van der Waals surface area (Å²) in [5.74, 6) is -83.0. The Morgan fingerprint density at radius 3 is 0.407 bits per heavy atom. The Bertz CT molecular complexity index is 1960. The van der Waals surface area contributed by atoms with Crippen molar-refractivity contribution in [1.82, 2.24) is 10.0 Å². The Kier molecular flexibility index (Phi) is 10.5. The number of halogens is 20. The summed E-state index contributed by atoms with van der Waals surface area (Å²) in [4.78, 5) is 53.7. The molecule has 0 aliphatic heterocycles. The third-order valence-corrected chi connectivity index (χ3v) is 6.66. The van der Waals surface area contributed by atoms with Crippen molar-refractivity contribution in [3.05, 3.63) is 139 Å². The second-order valence-electron chi connectivity index (χ2n) is 9.62. The smallest absolute Gasteiger partial charge is 0.266 e. The summed E-state index contributed by atoms with van der Waals surface area (Å²) in [6.45, 7) is 0. The zero-order chi connectivity index (χ0) is 41.3. The number of hydrazine groups is 1. The summed E-state index contributed by atoms with van der Waals surface area (Å²) >= 11 is 0. The Morgan fingerprint density at radius 1 is 0.204 bits per heavy atom. The number of carbonyl (C=O) groups excluding carboxylic acids is 4. The van der Waals surface area contributed by atoms with Crippen LogP contribution in [0.1, 0.15) is 41.4 Å². The maximum absolute atomic E-state index is 14.8. The first-order valence-electron chi connectivity index (χ1n) is 12.7. The zero-order valence-corrected chi connectivity index (χ0v) is 24.1. The molecule has 0 fully saturated rings. The first kappa shape index (κ1) is 40.5. The quantitative estimate of drug-likeness (QED) is 0.0699. The maximum Gasteiger partial charge on any atom is 0.286 e. The molecule has 286 valence electrons. The fraction of sp³-hybridized carbons (Fsp3) is 0. The van der Waals surface area contributed by atoms with Crippen LogP contribution in [0.25, 0.3) is 0 Å². The van der Waals surface area contributed by atoms with E-state index < -0.39 is 172 Å². The lowest BCUT2D eigenvalue weighted by atomic mass is 10.1. The molecule has 0 N–H and O–H groups in total. The van der Waals surface area contributed by atoms with Crippen molar-refractivity contribution >= 4 is 23.6 Å². The third kappa shape index (κ3) is 5.80. The maximum atomic E-state index is 14.8. The van der Waals surface area contributed by atoms with E-state index in [0.717, 1.165) is 0 Å². The molecule has 0 aliphatic rings. The van der Waals surface area contributed by atoms with Crippen molar-refractivity contribution in [2.45, 2.75) is 0 Å². The molecule has 54 heavy (non-hydrogen) atoms. The molecule has 4 amide bonds. The van der Waals surface area contributed by atoms with Gasteiger partial charge in [0.25, 0.3) is 23.6 Å². The molecule has 4 rings (SSSR count). The van der Waals surface area contributed by atoms with Crippen molar-refractivity contribution < 1.29 is 107 Å². The molecule has 0 saturated carbocycles. The van der Waals surface area contributed by atoms with E-state index in [-0.39, 0.29) is 0 Å². The number of nitrogens with zero attached hydrogens (tertiary/aromatic N) is 2. The van der Waals surface area contributed by atoms with Gasteiger partial charge in [0.05, 0.1) is 0 Å². The first-order valence-corrected chi connectivity index (χ1v) is 12.7. The summed E-state index contributed by atoms with van der Waals surface area (Å²) in [6, 6.07) is 0. The van der Waals surface area contributed by atoms with Gasteiger partial charge in [-0.15, -0.1) is 0 Å². The van der Waals surface area contributed by atoms with Crippen LogP contribution in [0.2, 0.25) is 0 Å². The van der Waals surface area contributed by atoms with Crippen LogP contribution >= 0.6 is 0 Å². The summed E-state index contributed by atoms with van der Waals surface area (Å²) in [5.41, 5.74) is -13.3. The van der Waals surface area contributed by atoms with Crippen molar-refractivity contribution in [3.8, 4) is 0 Å². The van der Waals surface area contributed by atoms with Gasteiger partial charge in [-0.05, 0) is 0 Å². The van der Waals surface area contributed by atoms with Crippen LogP contribution in [-0.4, -0.2) is 33.6 Å². The fourth-order valence-electron chi connectivity index (χ4n) is 4.14. The van der Waals surface area contributed by atoms with Crippen LogP contribution in [0.3, 0.4) is 0 Å². The molecule has 26 heteroatoms. The second kappa shape index (κ2) is 14.0. The first-order chi connectivity index (χ1) is 24.9. The lowest BCUT2D eigenvalue weighted by molar-refractivity contribution is 0.000979. The normalized spacial score (nSPS) is 11.3. The molecule has 0 atom stereocenters. The Balaban J connectivity index is 2.30. The molecule has 4 aromatic carbocycles. The van der Waals surface area contributed by atoms with Gasteiger partial charge in [0, 0.05) is 0 Å². The third-order valence-electron chi connectivity index (χ3n) is 6.66. The highest BCUT2D eigenvalue weighted by Crippen LogP contribution is 2.33. The molecule has 0 aliphatic carbocycles. The van der Waals surface area contributed by atoms with Gasteiger partial charge in [-0.25, -0.2) is 87.8 Å². The van der Waals surface area contributed by atoms with Gasteiger partial charge >= 0.3 is 0 Å². The van der Waals surface area contributed by atoms with E-state index in [0.29, 0.717) is 0 Å². The molecule has 0 unspecified atom stereocenters. The summed E-state index contributed by atoms with van der Waals surface area (Å²) in [7, 11) is 0. The predicted octanol–water partition coefficient (Wildman–Crippen LogP) is 7.65. The second-order valence-corrected chi connectivity index (χ2v) is 9.62. The van der Waals surface area contributed by atoms with Crippen LogP contribution in [0.4, 0.5) is 87.8 Å². The number of hydrogen-bond acceptors (Lipinski definition) is 4. The number of benzene rings is 4. The van der Waals surface area contributed by atoms with Gasteiger partial charge in [-0.1, -0.05) is 0 Å². The van der Waals surface area contributed by atoms with E-state index in [2.05, 4.69) is 0 Å². The number of amides is 4. The van der Waals surface area contributed by atoms with E-state index in [1.165, 1.54) is 0 Å². The standard InChI is InChI=1S/C28F20N2O4/c29-5-1(6(30)14(38)21(45)13(5)37)25(51)49(26(52)2-7(31)15(39)22(46)16(40)8(2)32)50(27(53)3-9(33)17(41)23(47)18(42)10(3)34)28(54)4-11(35)19(43)24(48)20(44)12(4)36. The molecule has 0 heterocycles. The van der Waals surface area contributed by atoms with E-state index in [4.69, 9.17) is 0 Å². The number of carbonyl (C=O) groups is 4. The van der Waals surface area contributed by atoms with Gasteiger partial charge in [0.1, 0.15) is 22.3 Å². The molecular weight excluding hydrogens is 808 g/mol. The van der Waals surface area contributed by atoms with Crippen LogP contribution < -0.4 is 0 Å². The van der Waals surface area contributed by atoms with E-state index in [1.54, 1.807) is 0 Å². The van der Waals surface area contributed by atoms with Crippen molar-refractivity contribution in [3.63, 3.8) is 0 Å². The molecule has 0 spiro atoms. The average Bonchev–Trinajstić information content (AvgIpc) is 3.13. The van der Waals surface area contributed by atoms with Crippen molar-refractivity contribution in [2.75, 3.05) is 0 Å². The molecule has 0 radical (unpaired) electrons. The number of rotatable bonds is 4. The van der Waals surface area contributed by atoms with Crippen LogP contribution in [0, 0.1) is 116 Å². The summed E-state index contributed by atoms with van der Waals surface area (Å²) in [5, 5.41) is -4.67. The van der Waals surface area contributed by atoms with Gasteiger partial charge < -0.3 is 0 Å². The minimum Gasteiger partial charge on any atom is -0.266 e. The number of imide groups is 2. The van der Waals surface area contributed by atoms with Gasteiger partial charge in [-0.3, -0.25) is 19.2 Å². The fourth-order valence-corrected chi connectivity index (χ4v) is 4.14. The van der Waals surface area contributed by atoms with E-state index in [9.17, 15) is 107 Å². The highest BCUT2D eigenvalue weighted by atomic mass is 19.2. The van der Waals surface area contributed by atoms with Gasteiger partial charge in [0.2, 0.25) is 23.3 Å². The number of hydrogen-bond donors (Lipinski definition) is 0. The Labute approximate surface area is 280 Å². The molecule has 6 nitrogen and oxygen atoms in total. The average molecular weight is 808 g/mol.